The third-order valence-electron chi connectivity index (χ3n) is 8.69. The van der Waals surface area contributed by atoms with Gasteiger partial charge >= 0.3 is 0 Å². The van der Waals surface area contributed by atoms with Gasteiger partial charge < -0.3 is 0 Å². The van der Waals surface area contributed by atoms with Crippen LogP contribution in [0.1, 0.15) is 25.0 Å². The van der Waals surface area contributed by atoms with Crippen LogP contribution in [-0.4, -0.2) is 15.0 Å². The summed E-state index contributed by atoms with van der Waals surface area (Å²) in [6, 6.07) is 49.1. The van der Waals surface area contributed by atoms with Crippen molar-refractivity contribution in [1.82, 2.24) is 15.0 Å². The molecule has 0 saturated heterocycles. The molecule has 1 heterocycles. The van der Waals surface area contributed by atoms with E-state index in [4.69, 9.17) is 15.0 Å². The first-order valence-corrected chi connectivity index (χ1v) is 14.7. The zero-order valence-corrected chi connectivity index (χ0v) is 24.1. The second kappa shape index (κ2) is 9.85. The molecule has 6 aromatic carbocycles. The fraction of sp³-hybridized carbons (Fsp3) is 0.0750. The van der Waals surface area contributed by atoms with Crippen LogP contribution >= 0.6 is 0 Å². The van der Waals surface area contributed by atoms with E-state index in [0.717, 1.165) is 22.3 Å². The molecule has 7 aromatic rings. The van der Waals surface area contributed by atoms with Gasteiger partial charge in [-0.05, 0) is 68.4 Å². The molecule has 0 saturated carbocycles. The van der Waals surface area contributed by atoms with Gasteiger partial charge in [-0.15, -0.1) is 0 Å². The molecular formula is C40H29N3. The van der Waals surface area contributed by atoms with Gasteiger partial charge in [0.1, 0.15) is 0 Å². The smallest absolute Gasteiger partial charge is 0.164 e. The third kappa shape index (κ3) is 4.33. The van der Waals surface area contributed by atoms with E-state index in [0.29, 0.717) is 17.5 Å². The fourth-order valence-corrected chi connectivity index (χ4v) is 6.40. The Kier molecular flexibility index (Phi) is 5.80. The molecule has 0 aliphatic heterocycles. The van der Waals surface area contributed by atoms with Crippen molar-refractivity contribution in [2.24, 2.45) is 0 Å². The van der Waals surface area contributed by atoms with Crippen molar-refractivity contribution in [2.45, 2.75) is 19.3 Å². The summed E-state index contributed by atoms with van der Waals surface area (Å²) < 4.78 is 0. The average molecular weight is 552 g/mol. The monoisotopic (exact) mass is 551 g/mol. The van der Waals surface area contributed by atoms with E-state index in [1.165, 1.54) is 38.6 Å². The summed E-state index contributed by atoms with van der Waals surface area (Å²) in [6.07, 6.45) is 0. The molecule has 0 N–H and O–H groups in total. The summed E-state index contributed by atoms with van der Waals surface area (Å²) >= 11 is 0. The van der Waals surface area contributed by atoms with Gasteiger partial charge in [-0.2, -0.15) is 0 Å². The molecule has 3 nitrogen and oxygen atoms in total. The van der Waals surface area contributed by atoms with E-state index in [-0.39, 0.29) is 5.41 Å². The Hall–Kier alpha value is -5.41. The maximum Gasteiger partial charge on any atom is 0.164 e. The Labute approximate surface area is 251 Å². The normalized spacial score (nSPS) is 13.1. The van der Waals surface area contributed by atoms with Crippen LogP contribution in [0, 0.1) is 0 Å². The maximum atomic E-state index is 4.94. The highest BCUT2D eigenvalue weighted by molar-refractivity contribution is 5.95. The van der Waals surface area contributed by atoms with Gasteiger partial charge in [-0.1, -0.05) is 129 Å². The number of fused-ring (bicyclic) bond motifs is 4. The van der Waals surface area contributed by atoms with E-state index in [1.807, 2.05) is 60.7 Å². The molecule has 0 spiro atoms. The summed E-state index contributed by atoms with van der Waals surface area (Å²) in [7, 11) is 0. The predicted octanol–water partition coefficient (Wildman–Crippen LogP) is 10.00. The maximum absolute atomic E-state index is 4.94. The molecule has 1 aliphatic rings. The summed E-state index contributed by atoms with van der Waals surface area (Å²) in [4.78, 5) is 14.7. The summed E-state index contributed by atoms with van der Waals surface area (Å²) in [5, 5.41) is 2.50. The lowest BCUT2D eigenvalue weighted by atomic mass is 9.82. The van der Waals surface area contributed by atoms with Crippen LogP contribution in [0.5, 0.6) is 0 Å². The molecule has 0 bridgehead atoms. The largest absolute Gasteiger partial charge is 0.208 e. The molecule has 0 radical (unpaired) electrons. The standard InChI is InChI=1S/C40H29N3/c1-40(2)35-19-10-9-18-33(35)34-24-30-21-20-29(23-32(30)25-36(34)40)28-16-11-17-31(22-28)39-42-37(26-12-5-3-6-13-26)41-38(43-39)27-14-7-4-8-15-27/h3-25H,1-2H3. The predicted molar refractivity (Wildman–Crippen MR) is 177 cm³/mol. The SMILES string of the molecule is CC1(C)c2ccccc2-c2cc3ccc(-c4cccc(-c5nc(-c6ccccc6)nc(-c6ccccc6)n5)c4)cc3cc21. The summed E-state index contributed by atoms with van der Waals surface area (Å²) in [6.45, 7) is 4.66. The van der Waals surface area contributed by atoms with Crippen LogP contribution in [0.3, 0.4) is 0 Å². The first-order chi connectivity index (χ1) is 21.0. The minimum Gasteiger partial charge on any atom is -0.208 e. The fourth-order valence-electron chi connectivity index (χ4n) is 6.40. The zero-order valence-electron chi connectivity index (χ0n) is 24.1. The number of hydrogen-bond acceptors (Lipinski definition) is 3. The molecule has 1 aliphatic carbocycles. The summed E-state index contributed by atoms with van der Waals surface area (Å²) in [5.74, 6) is 1.99. The van der Waals surface area contributed by atoms with E-state index in [9.17, 15) is 0 Å². The van der Waals surface area contributed by atoms with E-state index >= 15 is 0 Å². The Morgan fingerprint density at radius 2 is 0.930 bits per heavy atom. The van der Waals surface area contributed by atoms with Crippen molar-refractivity contribution in [2.75, 3.05) is 0 Å². The first-order valence-electron chi connectivity index (χ1n) is 14.7. The van der Waals surface area contributed by atoms with Crippen molar-refractivity contribution < 1.29 is 0 Å². The lowest BCUT2D eigenvalue weighted by molar-refractivity contribution is 0.661. The Morgan fingerprint density at radius 1 is 0.372 bits per heavy atom. The van der Waals surface area contributed by atoms with Crippen molar-refractivity contribution in [3.05, 3.63) is 151 Å². The van der Waals surface area contributed by atoms with Crippen LogP contribution in [0.4, 0.5) is 0 Å². The molecular weight excluding hydrogens is 522 g/mol. The molecule has 0 amide bonds. The van der Waals surface area contributed by atoms with Crippen LogP contribution in [0.2, 0.25) is 0 Å². The van der Waals surface area contributed by atoms with Gasteiger partial charge in [0.25, 0.3) is 0 Å². The van der Waals surface area contributed by atoms with Crippen molar-refractivity contribution in [3.8, 4) is 56.4 Å². The molecule has 3 heteroatoms. The second-order valence-corrected chi connectivity index (χ2v) is 11.7. The number of hydrogen-bond donors (Lipinski definition) is 0. The molecule has 43 heavy (non-hydrogen) atoms. The van der Waals surface area contributed by atoms with Crippen LogP contribution < -0.4 is 0 Å². The van der Waals surface area contributed by atoms with E-state index < -0.39 is 0 Å². The van der Waals surface area contributed by atoms with Crippen molar-refractivity contribution >= 4 is 10.8 Å². The molecule has 0 fully saturated rings. The molecule has 8 rings (SSSR count). The highest BCUT2D eigenvalue weighted by Crippen LogP contribution is 2.49. The Bertz CT molecular complexity index is 2090. The summed E-state index contributed by atoms with van der Waals surface area (Å²) in [5.41, 5.74) is 10.6. The lowest BCUT2D eigenvalue weighted by Crippen LogP contribution is -2.14. The topological polar surface area (TPSA) is 38.7 Å². The van der Waals surface area contributed by atoms with Gasteiger partial charge in [0.2, 0.25) is 0 Å². The van der Waals surface area contributed by atoms with Gasteiger partial charge in [0, 0.05) is 22.1 Å². The van der Waals surface area contributed by atoms with Crippen molar-refractivity contribution in [1.29, 1.82) is 0 Å². The van der Waals surface area contributed by atoms with Crippen LogP contribution in [-0.2, 0) is 5.41 Å². The first kappa shape index (κ1) is 25.3. The van der Waals surface area contributed by atoms with Crippen molar-refractivity contribution in [3.63, 3.8) is 0 Å². The number of nitrogens with zero attached hydrogens (tertiary/aromatic N) is 3. The molecule has 0 unspecified atom stereocenters. The van der Waals surface area contributed by atoms with Crippen LogP contribution in [0.15, 0.2) is 140 Å². The molecule has 0 atom stereocenters. The molecule has 204 valence electrons. The van der Waals surface area contributed by atoms with Crippen LogP contribution in [0.25, 0.3) is 67.2 Å². The second-order valence-electron chi connectivity index (χ2n) is 11.7. The number of benzene rings is 6. The Morgan fingerprint density at radius 3 is 1.63 bits per heavy atom. The van der Waals surface area contributed by atoms with E-state index in [1.54, 1.807) is 0 Å². The number of rotatable bonds is 4. The van der Waals surface area contributed by atoms with E-state index in [2.05, 4.69) is 92.7 Å². The van der Waals surface area contributed by atoms with Gasteiger partial charge in [0.05, 0.1) is 0 Å². The third-order valence-corrected chi connectivity index (χ3v) is 8.69. The Balaban J connectivity index is 1.23. The highest BCUT2D eigenvalue weighted by Gasteiger charge is 2.35. The molecule has 1 aromatic heterocycles. The lowest BCUT2D eigenvalue weighted by Gasteiger charge is -2.21. The van der Waals surface area contributed by atoms with Gasteiger partial charge in [-0.25, -0.2) is 15.0 Å². The zero-order chi connectivity index (χ0) is 29.0. The minimum absolute atomic E-state index is 0.0261. The van der Waals surface area contributed by atoms with Gasteiger partial charge in [-0.3, -0.25) is 0 Å². The highest BCUT2D eigenvalue weighted by atomic mass is 15.0. The average Bonchev–Trinajstić information content (AvgIpc) is 3.29. The van der Waals surface area contributed by atoms with Gasteiger partial charge in [0.15, 0.2) is 17.5 Å². The minimum atomic E-state index is -0.0261. The quantitative estimate of drug-likeness (QED) is 0.218. The number of aromatic nitrogens is 3.